The number of Topliss-reactive ketones (excluding diaryl/α,β-unsaturated/α-hetero) is 1. The highest BCUT2D eigenvalue weighted by atomic mass is 32.2. The normalized spacial score (nSPS) is 17.2. The van der Waals surface area contributed by atoms with Crippen molar-refractivity contribution in [1.29, 1.82) is 5.26 Å². The molecule has 2 fully saturated rings. The van der Waals surface area contributed by atoms with E-state index in [-0.39, 0.29) is 11.5 Å². The molecule has 0 spiro atoms. The van der Waals surface area contributed by atoms with Crippen LogP contribution in [-0.2, 0) is 4.79 Å². The second kappa shape index (κ2) is 9.43. The van der Waals surface area contributed by atoms with Gasteiger partial charge in [-0.3, -0.25) is 9.36 Å². The Bertz CT molecular complexity index is 1130. The molecule has 1 aliphatic heterocycles. The molecule has 164 valence electrons. The molecule has 7 nitrogen and oxygen atoms in total. The van der Waals surface area contributed by atoms with Crippen LogP contribution in [0.2, 0.25) is 0 Å². The molecule has 0 bridgehead atoms. The lowest BCUT2D eigenvalue weighted by molar-refractivity contribution is -0.116. The third-order valence-electron chi connectivity index (χ3n) is 5.83. The largest absolute Gasteiger partial charge is 0.341 e. The average Bonchev–Trinajstić information content (AvgIpc) is 3.40. The van der Waals surface area contributed by atoms with Crippen molar-refractivity contribution in [3.63, 3.8) is 0 Å². The van der Waals surface area contributed by atoms with Gasteiger partial charge in [0.05, 0.1) is 17.5 Å². The number of ketones is 1. The molecule has 0 radical (unpaired) electrons. The zero-order chi connectivity index (χ0) is 21.9. The molecule has 32 heavy (non-hydrogen) atoms. The van der Waals surface area contributed by atoms with Gasteiger partial charge in [0, 0.05) is 30.1 Å². The van der Waals surface area contributed by atoms with Crippen LogP contribution in [0.3, 0.4) is 0 Å². The molecule has 1 atom stereocenters. The highest BCUT2D eigenvalue weighted by Crippen LogP contribution is 2.41. The number of rotatable bonds is 8. The summed E-state index contributed by atoms with van der Waals surface area (Å²) in [6.45, 7) is 2.03. The van der Waals surface area contributed by atoms with E-state index in [9.17, 15) is 10.1 Å². The molecule has 3 aromatic rings. The van der Waals surface area contributed by atoms with Gasteiger partial charge >= 0.3 is 0 Å². The molecule has 5 rings (SSSR count). The lowest BCUT2D eigenvalue weighted by Gasteiger charge is -2.27. The van der Waals surface area contributed by atoms with Gasteiger partial charge in [-0.1, -0.05) is 42.1 Å². The number of carbonyl (C=O) groups excluding carboxylic acids is 1. The lowest BCUT2D eigenvalue weighted by atomic mass is 10.1. The summed E-state index contributed by atoms with van der Waals surface area (Å²) in [4.78, 5) is 19.8. The first-order valence-electron chi connectivity index (χ1n) is 11.0. The minimum atomic E-state index is -0.858. The van der Waals surface area contributed by atoms with Gasteiger partial charge in [-0.15, -0.1) is 21.5 Å². The molecular weight excluding hydrogens is 440 g/mol. The van der Waals surface area contributed by atoms with Gasteiger partial charge in [0.1, 0.15) is 5.01 Å². The molecule has 0 N–H and O–H groups in total. The third-order valence-corrected chi connectivity index (χ3v) is 7.71. The van der Waals surface area contributed by atoms with Crippen molar-refractivity contribution >= 4 is 34.8 Å². The Hall–Kier alpha value is -2.70. The molecule has 1 unspecified atom stereocenters. The number of benzene rings is 1. The maximum atomic E-state index is 13.0. The first-order valence-corrected chi connectivity index (χ1v) is 12.9. The maximum absolute atomic E-state index is 13.0. The Labute approximate surface area is 195 Å². The van der Waals surface area contributed by atoms with E-state index in [4.69, 9.17) is 0 Å². The van der Waals surface area contributed by atoms with Crippen LogP contribution in [0.1, 0.15) is 49.1 Å². The molecule has 1 saturated carbocycles. The summed E-state index contributed by atoms with van der Waals surface area (Å²) in [5.41, 5.74) is 1.78. The molecule has 2 aliphatic rings. The fourth-order valence-corrected chi connectivity index (χ4v) is 5.77. The number of thiazole rings is 1. The van der Waals surface area contributed by atoms with Gasteiger partial charge in [-0.25, -0.2) is 4.98 Å². The number of hydrogen-bond donors (Lipinski definition) is 0. The summed E-state index contributed by atoms with van der Waals surface area (Å²) in [6.07, 6.45) is 5.88. The summed E-state index contributed by atoms with van der Waals surface area (Å²) in [7, 11) is 0. The Kier molecular flexibility index (Phi) is 6.23. The summed E-state index contributed by atoms with van der Waals surface area (Å²) in [5.74, 6) is 0.120. The topological polar surface area (TPSA) is 87.7 Å². The highest BCUT2D eigenvalue weighted by molar-refractivity contribution is 7.99. The molecule has 1 aromatic carbocycles. The van der Waals surface area contributed by atoms with Crippen molar-refractivity contribution in [2.45, 2.75) is 49.2 Å². The summed E-state index contributed by atoms with van der Waals surface area (Å²) in [5, 5.41) is 21.8. The number of aromatic nitrogens is 4. The second-order valence-electron chi connectivity index (χ2n) is 8.19. The smallest absolute Gasteiger partial charge is 0.228 e. The predicted molar refractivity (Wildman–Crippen MR) is 126 cm³/mol. The van der Waals surface area contributed by atoms with E-state index in [1.54, 1.807) is 0 Å². The average molecular weight is 465 g/mol. The number of hydrogen-bond acceptors (Lipinski definition) is 8. The molecule has 9 heteroatoms. The summed E-state index contributed by atoms with van der Waals surface area (Å²) >= 11 is 2.75. The van der Waals surface area contributed by atoms with Crippen LogP contribution in [0.4, 0.5) is 5.95 Å². The number of nitrogens with zero attached hydrogens (tertiary/aromatic N) is 6. The highest BCUT2D eigenvalue weighted by Gasteiger charge is 2.33. The minimum Gasteiger partial charge on any atom is -0.341 e. The summed E-state index contributed by atoms with van der Waals surface area (Å²) in [6, 6.07) is 12.4. The van der Waals surface area contributed by atoms with Gasteiger partial charge in [-0.2, -0.15) is 5.26 Å². The first kappa shape index (κ1) is 21.2. The standard InChI is InChI=1S/C23H24N6OS2/c24-13-18(21-25-19(14-31-21)16-7-3-1-4-8-16)20(30)15-32-23-27-26-22(29(23)17-9-10-17)28-11-5-2-6-12-28/h1,3-4,7-8,14,17-18H,2,5-6,9-12,15H2. The van der Waals surface area contributed by atoms with Gasteiger partial charge in [-0.05, 0) is 32.1 Å². The van der Waals surface area contributed by atoms with E-state index < -0.39 is 5.92 Å². The fourth-order valence-electron chi connectivity index (χ4n) is 3.98. The van der Waals surface area contributed by atoms with Gasteiger partial charge < -0.3 is 4.90 Å². The lowest BCUT2D eigenvalue weighted by Crippen LogP contribution is -2.32. The molecular formula is C23H24N6OS2. The molecule has 2 aromatic heterocycles. The fraction of sp³-hybridized carbons (Fsp3) is 0.435. The Morgan fingerprint density at radius 2 is 1.97 bits per heavy atom. The minimum absolute atomic E-state index is 0.142. The van der Waals surface area contributed by atoms with Crippen LogP contribution in [0, 0.1) is 11.3 Å². The van der Waals surface area contributed by atoms with E-state index in [2.05, 4.69) is 30.7 Å². The molecule has 3 heterocycles. The SMILES string of the molecule is N#CC(C(=O)CSc1nnc(N2CCCCC2)n1C1CC1)c1nc(-c2ccccc2)cs1. The maximum Gasteiger partial charge on any atom is 0.228 e. The van der Waals surface area contributed by atoms with Crippen molar-refractivity contribution in [3.05, 3.63) is 40.7 Å². The van der Waals surface area contributed by atoms with Crippen LogP contribution in [0.5, 0.6) is 0 Å². The van der Waals surface area contributed by atoms with Gasteiger partial charge in [0.15, 0.2) is 16.9 Å². The van der Waals surface area contributed by atoms with Crippen molar-refractivity contribution in [3.8, 4) is 17.3 Å². The Balaban J connectivity index is 1.29. The zero-order valence-corrected chi connectivity index (χ0v) is 19.3. The van der Waals surface area contributed by atoms with Gasteiger partial charge in [0.25, 0.3) is 0 Å². The quantitative estimate of drug-likeness (QED) is 0.447. The Morgan fingerprint density at radius 3 is 2.69 bits per heavy atom. The first-order chi connectivity index (χ1) is 15.7. The zero-order valence-electron chi connectivity index (χ0n) is 17.7. The van der Waals surface area contributed by atoms with Crippen LogP contribution in [-0.4, -0.2) is 44.4 Å². The number of carbonyl (C=O) groups is 1. The van der Waals surface area contributed by atoms with Crippen LogP contribution in [0.15, 0.2) is 40.9 Å². The van der Waals surface area contributed by atoms with E-state index in [0.29, 0.717) is 11.0 Å². The van der Waals surface area contributed by atoms with E-state index in [1.165, 1.54) is 42.4 Å². The van der Waals surface area contributed by atoms with Crippen LogP contribution < -0.4 is 4.90 Å². The number of thioether (sulfide) groups is 1. The van der Waals surface area contributed by atoms with Crippen molar-refractivity contribution in [1.82, 2.24) is 19.7 Å². The molecule has 0 amide bonds. The van der Waals surface area contributed by atoms with E-state index in [0.717, 1.165) is 48.3 Å². The van der Waals surface area contributed by atoms with E-state index >= 15 is 0 Å². The third kappa shape index (κ3) is 4.43. The van der Waals surface area contributed by atoms with Gasteiger partial charge in [0.2, 0.25) is 5.95 Å². The van der Waals surface area contributed by atoms with Crippen molar-refractivity contribution < 1.29 is 4.79 Å². The van der Waals surface area contributed by atoms with E-state index in [1.807, 2.05) is 35.7 Å². The summed E-state index contributed by atoms with van der Waals surface area (Å²) < 4.78 is 2.21. The second-order valence-corrected chi connectivity index (χ2v) is 10.0. The molecule has 1 aliphatic carbocycles. The number of anilines is 1. The van der Waals surface area contributed by atoms with Crippen LogP contribution in [0.25, 0.3) is 11.3 Å². The number of nitriles is 1. The predicted octanol–water partition coefficient (Wildman–Crippen LogP) is 4.70. The van der Waals surface area contributed by atoms with Crippen molar-refractivity contribution in [2.75, 3.05) is 23.7 Å². The molecule has 1 saturated heterocycles. The Morgan fingerprint density at radius 1 is 1.19 bits per heavy atom. The van der Waals surface area contributed by atoms with Crippen LogP contribution >= 0.6 is 23.1 Å². The van der Waals surface area contributed by atoms with Crippen molar-refractivity contribution in [2.24, 2.45) is 0 Å². The monoisotopic (exact) mass is 464 g/mol. The number of piperidine rings is 1.